The van der Waals surface area contributed by atoms with Gasteiger partial charge in [0.05, 0.1) is 12.0 Å². The summed E-state index contributed by atoms with van der Waals surface area (Å²) in [7, 11) is 1.59. The topological polar surface area (TPSA) is 21.3 Å². The molecule has 0 saturated carbocycles. The summed E-state index contributed by atoms with van der Waals surface area (Å²) in [4.78, 5) is 0.821. The average Bonchev–Trinajstić information content (AvgIpc) is 1.98. The summed E-state index contributed by atoms with van der Waals surface area (Å²) in [5.74, 6) is 0.614. The maximum Gasteiger partial charge on any atom is 0.125 e. The van der Waals surface area contributed by atoms with E-state index < -0.39 is 0 Å². The van der Waals surface area contributed by atoms with E-state index in [1.54, 1.807) is 7.11 Å². The SMILES string of the molecule is C=C(OC)C(=C)SNC(C)C. The maximum absolute atomic E-state index is 4.89. The minimum atomic E-state index is 0.432. The van der Waals surface area contributed by atoms with E-state index in [0.29, 0.717) is 11.8 Å². The van der Waals surface area contributed by atoms with Gasteiger partial charge in [-0.15, -0.1) is 0 Å². The van der Waals surface area contributed by atoms with Crippen LogP contribution in [-0.4, -0.2) is 13.2 Å². The Labute approximate surface area is 72.8 Å². The molecule has 0 heterocycles. The zero-order valence-corrected chi connectivity index (χ0v) is 8.12. The molecule has 0 bridgehead atoms. The van der Waals surface area contributed by atoms with E-state index in [-0.39, 0.29) is 0 Å². The van der Waals surface area contributed by atoms with Crippen LogP contribution < -0.4 is 4.72 Å². The van der Waals surface area contributed by atoms with Gasteiger partial charge in [-0.2, -0.15) is 0 Å². The predicted octanol–water partition coefficient (Wildman–Crippen LogP) is 2.31. The lowest BCUT2D eigenvalue weighted by Crippen LogP contribution is -2.14. The third kappa shape index (κ3) is 4.93. The van der Waals surface area contributed by atoms with Crippen LogP contribution in [0.1, 0.15) is 13.8 Å². The second-order valence-corrected chi connectivity index (χ2v) is 3.36. The molecule has 0 aliphatic rings. The molecule has 0 aromatic rings. The molecule has 0 aliphatic carbocycles. The molecule has 0 aromatic heterocycles. The molecule has 0 amide bonds. The van der Waals surface area contributed by atoms with Gasteiger partial charge in [0, 0.05) is 6.04 Å². The van der Waals surface area contributed by atoms with Crippen molar-refractivity contribution < 1.29 is 4.74 Å². The summed E-state index contributed by atoms with van der Waals surface area (Å²) in [5.41, 5.74) is 0. The molecule has 0 unspecified atom stereocenters. The van der Waals surface area contributed by atoms with Gasteiger partial charge in [0.15, 0.2) is 0 Å². The molecule has 11 heavy (non-hydrogen) atoms. The number of ether oxygens (including phenoxy) is 1. The van der Waals surface area contributed by atoms with Crippen molar-refractivity contribution in [1.29, 1.82) is 0 Å². The van der Waals surface area contributed by atoms with Crippen molar-refractivity contribution in [3.8, 4) is 0 Å². The van der Waals surface area contributed by atoms with Crippen molar-refractivity contribution in [2.24, 2.45) is 0 Å². The van der Waals surface area contributed by atoms with E-state index in [1.165, 1.54) is 11.9 Å². The van der Waals surface area contributed by atoms with Crippen molar-refractivity contribution >= 4 is 11.9 Å². The van der Waals surface area contributed by atoms with E-state index in [4.69, 9.17) is 4.74 Å². The first-order chi connectivity index (χ1) is 5.07. The smallest absolute Gasteiger partial charge is 0.125 e. The van der Waals surface area contributed by atoms with Crippen molar-refractivity contribution in [2.75, 3.05) is 7.11 Å². The van der Waals surface area contributed by atoms with E-state index >= 15 is 0 Å². The van der Waals surface area contributed by atoms with Gasteiger partial charge in [0.2, 0.25) is 0 Å². The summed E-state index contributed by atoms with van der Waals surface area (Å²) in [6, 6.07) is 0.432. The van der Waals surface area contributed by atoms with E-state index in [2.05, 4.69) is 31.7 Å². The molecule has 0 spiro atoms. The van der Waals surface area contributed by atoms with Crippen LogP contribution in [0.2, 0.25) is 0 Å². The van der Waals surface area contributed by atoms with Gasteiger partial charge in [0.1, 0.15) is 5.76 Å². The lowest BCUT2D eigenvalue weighted by molar-refractivity contribution is 0.307. The molecule has 0 rings (SSSR count). The number of hydrogen-bond acceptors (Lipinski definition) is 3. The highest BCUT2D eigenvalue weighted by Crippen LogP contribution is 2.17. The third-order valence-corrected chi connectivity index (χ3v) is 2.04. The molecule has 0 saturated heterocycles. The standard InChI is InChI=1S/C8H15NOS/c1-6(2)9-11-8(4)7(3)10-5/h6,9H,3-4H2,1-2,5H3. The Hall–Kier alpha value is -0.410. The molecule has 3 heteroatoms. The molecule has 0 aromatic carbocycles. The maximum atomic E-state index is 4.89. The number of methoxy groups -OCH3 is 1. The fourth-order valence-corrected chi connectivity index (χ4v) is 0.935. The highest BCUT2D eigenvalue weighted by molar-refractivity contribution is 8.01. The molecule has 0 fully saturated rings. The Bertz CT molecular complexity index is 154. The van der Waals surface area contributed by atoms with Crippen LogP contribution >= 0.6 is 11.9 Å². The summed E-state index contributed by atoms with van der Waals surface area (Å²) in [6.07, 6.45) is 0. The van der Waals surface area contributed by atoms with Gasteiger partial charge in [0.25, 0.3) is 0 Å². The van der Waals surface area contributed by atoms with Crippen LogP contribution in [0.4, 0.5) is 0 Å². The Morgan fingerprint density at radius 1 is 1.45 bits per heavy atom. The van der Waals surface area contributed by atoms with Crippen LogP contribution in [0, 0.1) is 0 Å². The summed E-state index contributed by atoms with van der Waals surface area (Å²) < 4.78 is 8.03. The van der Waals surface area contributed by atoms with Crippen LogP contribution in [0.3, 0.4) is 0 Å². The predicted molar refractivity (Wildman–Crippen MR) is 51.2 cm³/mol. The molecular weight excluding hydrogens is 158 g/mol. The quantitative estimate of drug-likeness (QED) is 0.391. The fraction of sp³-hybridized carbons (Fsp3) is 0.500. The molecule has 0 radical (unpaired) electrons. The number of nitrogens with one attached hydrogen (secondary N) is 1. The fourth-order valence-electron chi connectivity index (χ4n) is 0.360. The molecule has 2 nitrogen and oxygen atoms in total. The minimum Gasteiger partial charge on any atom is -0.496 e. The monoisotopic (exact) mass is 173 g/mol. The van der Waals surface area contributed by atoms with Gasteiger partial charge in [-0.25, -0.2) is 0 Å². The van der Waals surface area contributed by atoms with Crippen molar-refractivity contribution in [1.82, 2.24) is 4.72 Å². The van der Waals surface area contributed by atoms with Gasteiger partial charge < -0.3 is 4.74 Å². The molecule has 1 N–H and O–H groups in total. The van der Waals surface area contributed by atoms with Crippen LogP contribution in [0.5, 0.6) is 0 Å². The second-order valence-electron chi connectivity index (χ2n) is 2.43. The number of rotatable bonds is 5. The van der Waals surface area contributed by atoms with Gasteiger partial charge >= 0.3 is 0 Å². The minimum absolute atomic E-state index is 0.432. The van der Waals surface area contributed by atoms with Crippen molar-refractivity contribution in [3.63, 3.8) is 0 Å². The lowest BCUT2D eigenvalue weighted by Gasteiger charge is -2.09. The highest BCUT2D eigenvalue weighted by Gasteiger charge is 2.00. The first kappa shape index (κ1) is 10.6. The normalized spacial score (nSPS) is 9.82. The molecule has 0 atom stereocenters. The molecule has 64 valence electrons. The molecular formula is C8H15NOS. The second kappa shape index (κ2) is 5.27. The Morgan fingerprint density at radius 2 is 2.00 bits per heavy atom. The summed E-state index contributed by atoms with van der Waals surface area (Å²) in [5, 5.41) is 0. The van der Waals surface area contributed by atoms with Crippen LogP contribution in [0.25, 0.3) is 0 Å². The summed E-state index contributed by atoms with van der Waals surface area (Å²) >= 11 is 1.45. The Morgan fingerprint density at radius 3 is 2.36 bits per heavy atom. The molecule has 0 aliphatic heterocycles. The largest absolute Gasteiger partial charge is 0.496 e. The Balaban J connectivity index is 3.61. The van der Waals surface area contributed by atoms with Crippen molar-refractivity contribution in [3.05, 3.63) is 23.8 Å². The first-order valence-corrected chi connectivity index (χ1v) is 4.24. The van der Waals surface area contributed by atoms with E-state index in [1.807, 2.05) is 0 Å². The third-order valence-electron chi connectivity index (χ3n) is 0.975. The summed E-state index contributed by atoms with van der Waals surface area (Å²) in [6.45, 7) is 11.6. The van der Waals surface area contributed by atoms with E-state index in [9.17, 15) is 0 Å². The lowest BCUT2D eigenvalue weighted by atomic mass is 10.4. The van der Waals surface area contributed by atoms with Crippen molar-refractivity contribution in [2.45, 2.75) is 19.9 Å². The first-order valence-electron chi connectivity index (χ1n) is 3.42. The van der Waals surface area contributed by atoms with Crippen LogP contribution in [-0.2, 0) is 4.74 Å². The highest BCUT2D eigenvalue weighted by atomic mass is 32.2. The van der Waals surface area contributed by atoms with Crippen LogP contribution in [0.15, 0.2) is 23.8 Å². The zero-order valence-electron chi connectivity index (χ0n) is 7.31. The zero-order chi connectivity index (χ0) is 8.85. The van der Waals surface area contributed by atoms with E-state index in [0.717, 1.165) is 4.91 Å². The Kier molecular flexibility index (Phi) is 5.07. The number of hydrogen-bond donors (Lipinski definition) is 1. The van der Waals surface area contributed by atoms with Gasteiger partial charge in [-0.3, -0.25) is 4.72 Å². The van der Waals surface area contributed by atoms with Gasteiger partial charge in [-0.05, 0) is 25.8 Å². The average molecular weight is 173 g/mol. The van der Waals surface area contributed by atoms with Gasteiger partial charge in [-0.1, -0.05) is 13.2 Å².